The standard InChI is InChI=1S/C17H18ClN3O/c1-4-12-21(14-8-6-5-7-9-14)16(22)11-10-15-13(2)19-20(3)17(15)18/h4-11H,1,12H2,2-3H3/b11-10+. The van der Waals surface area contributed by atoms with Crippen molar-refractivity contribution in [3.63, 3.8) is 0 Å². The van der Waals surface area contributed by atoms with Crippen molar-refractivity contribution in [1.29, 1.82) is 0 Å². The Balaban J connectivity index is 2.25. The molecule has 0 spiro atoms. The minimum absolute atomic E-state index is 0.134. The van der Waals surface area contributed by atoms with E-state index in [9.17, 15) is 4.79 Å². The molecule has 0 bridgehead atoms. The molecule has 0 aliphatic heterocycles. The van der Waals surface area contributed by atoms with Gasteiger partial charge < -0.3 is 4.90 Å². The van der Waals surface area contributed by atoms with Crippen LogP contribution in [0, 0.1) is 6.92 Å². The van der Waals surface area contributed by atoms with E-state index < -0.39 is 0 Å². The summed E-state index contributed by atoms with van der Waals surface area (Å²) in [4.78, 5) is 14.1. The first-order valence-electron chi connectivity index (χ1n) is 6.89. The van der Waals surface area contributed by atoms with E-state index in [-0.39, 0.29) is 5.91 Å². The topological polar surface area (TPSA) is 38.1 Å². The molecule has 0 N–H and O–H groups in total. The van der Waals surface area contributed by atoms with Crippen LogP contribution in [0.5, 0.6) is 0 Å². The maximum absolute atomic E-state index is 12.5. The zero-order chi connectivity index (χ0) is 16.1. The van der Waals surface area contributed by atoms with Gasteiger partial charge in [-0.25, -0.2) is 0 Å². The van der Waals surface area contributed by atoms with Crippen molar-refractivity contribution in [3.8, 4) is 0 Å². The fourth-order valence-electron chi connectivity index (χ4n) is 2.14. The zero-order valence-electron chi connectivity index (χ0n) is 12.7. The number of benzene rings is 1. The molecule has 1 aromatic carbocycles. The monoisotopic (exact) mass is 315 g/mol. The molecule has 0 aliphatic rings. The van der Waals surface area contributed by atoms with Gasteiger partial charge >= 0.3 is 0 Å². The number of amides is 1. The Bertz CT molecular complexity index is 704. The van der Waals surface area contributed by atoms with Crippen LogP contribution in [0.1, 0.15) is 11.3 Å². The Morgan fingerprint density at radius 1 is 1.41 bits per heavy atom. The molecule has 0 saturated carbocycles. The molecule has 5 heteroatoms. The number of anilines is 1. The third kappa shape index (κ3) is 3.46. The summed E-state index contributed by atoms with van der Waals surface area (Å²) < 4.78 is 1.58. The van der Waals surface area contributed by atoms with Gasteiger partial charge in [0.1, 0.15) is 5.15 Å². The second-order valence-corrected chi connectivity index (χ2v) is 5.18. The Kier molecular flexibility index (Phi) is 5.17. The van der Waals surface area contributed by atoms with Gasteiger partial charge in [-0.1, -0.05) is 35.9 Å². The van der Waals surface area contributed by atoms with Crippen molar-refractivity contribution in [3.05, 3.63) is 65.5 Å². The number of carbonyl (C=O) groups excluding carboxylic acids is 1. The van der Waals surface area contributed by atoms with Crippen LogP contribution in [0.2, 0.25) is 5.15 Å². The van der Waals surface area contributed by atoms with Crippen LogP contribution < -0.4 is 4.90 Å². The molecular weight excluding hydrogens is 298 g/mol. The molecule has 1 amide bonds. The lowest BCUT2D eigenvalue weighted by molar-refractivity contribution is -0.114. The molecule has 4 nitrogen and oxygen atoms in total. The van der Waals surface area contributed by atoms with Gasteiger partial charge in [-0.05, 0) is 25.1 Å². The van der Waals surface area contributed by atoms with E-state index in [4.69, 9.17) is 11.6 Å². The highest BCUT2D eigenvalue weighted by Crippen LogP contribution is 2.20. The molecule has 0 atom stereocenters. The number of rotatable bonds is 5. The molecule has 1 aromatic heterocycles. The predicted molar refractivity (Wildman–Crippen MR) is 91.0 cm³/mol. The maximum Gasteiger partial charge on any atom is 0.251 e. The largest absolute Gasteiger partial charge is 0.305 e. The molecule has 22 heavy (non-hydrogen) atoms. The summed E-state index contributed by atoms with van der Waals surface area (Å²) in [5.41, 5.74) is 2.36. The van der Waals surface area contributed by atoms with Crippen molar-refractivity contribution in [1.82, 2.24) is 9.78 Å². The second kappa shape index (κ2) is 7.09. The Labute approximate surface area is 135 Å². The quantitative estimate of drug-likeness (QED) is 0.624. The van der Waals surface area contributed by atoms with Crippen LogP contribution in [0.25, 0.3) is 6.08 Å². The lowest BCUT2D eigenvalue weighted by Crippen LogP contribution is -2.29. The molecule has 114 valence electrons. The first kappa shape index (κ1) is 16.0. The van der Waals surface area contributed by atoms with Crippen LogP contribution in [-0.2, 0) is 11.8 Å². The number of aromatic nitrogens is 2. The van der Waals surface area contributed by atoms with Gasteiger partial charge in [0, 0.05) is 30.9 Å². The van der Waals surface area contributed by atoms with Crippen molar-refractivity contribution < 1.29 is 4.79 Å². The summed E-state index contributed by atoms with van der Waals surface area (Å²) in [5, 5.41) is 4.73. The third-order valence-electron chi connectivity index (χ3n) is 3.23. The van der Waals surface area contributed by atoms with Crippen molar-refractivity contribution >= 4 is 29.3 Å². The highest BCUT2D eigenvalue weighted by Gasteiger charge is 2.13. The number of carbonyl (C=O) groups is 1. The average molecular weight is 316 g/mol. The summed E-state index contributed by atoms with van der Waals surface area (Å²) in [5.74, 6) is -0.134. The maximum atomic E-state index is 12.5. The van der Waals surface area contributed by atoms with Gasteiger partial charge in [0.15, 0.2) is 0 Å². The van der Waals surface area contributed by atoms with E-state index in [1.807, 2.05) is 37.3 Å². The minimum Gasteiger partial charge on any atom is -0.305 e. The van der Waals surface area contributed by atoms with Crippen LogP contribution in [0.15, 0.2) is 49.1 Å². The second-order valence-electron chi connectivity index (χ2n) is 4.82. The highest BCUT2D eigenvalue weighted by atomic mass is 35.5. The lowest BCUT2D eigenvalue weighted by Gasteiger charge is -2.19. The predicted octanol–water partition coefficient (Wildman–Crippen LogP) is 3.61. The normalized spacial score (nSPS) is 10.9. The summed E-state index contributed by atoms with van der Waals surface area (Å²) in [7, 11) is 1.77. The van der Waals surface area contributed by atoms with Crippen molar-refractivity contribution in [2.24, 2.45) is 7.05 Å². The number of halogens is 1. The molecule has 2 aromatic rings. The van der Waals surface area contributed by atoms with Crippen LogP contribution in [-0.4, -0.2) is 22.2 Å². The molecule has 0 radical (unpaired) electrons. The van der Waals surface area contributed by atoms with Gasteiger partial charge in [0.2, 0.25) is 0 Å². The summed E-state index contributed by atoms with van der Waals surface area (Å²) in [6.07, 6.45) is 4.90. The average Bonchev–Trinajstić information content (AvgIpc) is 2.76. The molecule has 1 heterocycles. The first-order valence-corrected chi connectivity index (χ1v) is 7.27. The summed E-state index contributed by atoms with van der Waals surface area (Å²) >= 11 is 6.16. The summed E-state index contributed by atoms with van der Waals surface area (Å²) in [6, 6.07) is 9.47. The van der Waals surface area contributed by atoms with E-state index in [2.05, 4.69) is 11.7 Å². The molecule has 0 saturated heterocycles. The fourth-order valence-corrected chi connectivity index (χ4v) is 2.38. The van der Waals surface area contributed by atoms with E-state index in [0.29, 0.717) is 11.7 Å². The molecule has 0 aliphatic carbocycles. The van der Waals surface area contributed by atoms with Crippen molar-refractivity contribution in [2.45, 2.75) is 6.92 Å². The number of hydrogen-bond donors (Lipinski definition) is 0. The van der Waals surface area contributed by atoms with Gasteiger partial charge in [-0.15, -0.1) is 6.58 Å². The molecular formula is C17H18ClN3O. The molecule has 2 rings (SSSR count). The van der Waals surface area contributed by atoms with E-state index >= 15 is 0 Å². The number of hydrogen-bond acceptors (Lipinski definition) is 2. The van der Waals surface area contributed by atoms with Crippen LogP contribution in [0.3, 0.4) is 0 Å². The highest BCUT2D eigenvalue weighted by molar-refractivity contribution is 6.31. The van der Waals surface area contributed by atoms with Crippen LogP contribution >= 0.6 is 11.6 Å². The van der Waals surface area contributed by atoms with Crippen LogP contribution in [0.4, 0.5) is 5.69 Å². The van der Waals surface area contributed by atoms with E-state index in [0.717, 1.165) is 16.9 Å². The Morgan fingerprint density at radius 2 is 2.09 bits per heavy atom. The van der Waals surface area contributed by atoms with Gasteiger partial charge in [0.25, 0.3) is 5.91 Å². The lowest BCUT2D eigenvalue weighted by atomic mass is 10.2. The van der Waals surface area contributed by atoms with Gasteiger partial charge in [-0.2, -0.15) is 5.10 Å². The number of para-hydroxylation sites is 1. The zero-order valence-corrected chi connectivity index (χ0v) is 13.4. The fraction of sp³-hybridized carbons (Fsp3) is 0.176. The first-order chi connectivity index (χ1) is 10.5. The molecule has 0 unspecified atom stereocenters. The van der Waals surface area contributed by atoms with Crippen molar-refractivity contribution in [2.75, 3.05) is 11.4 Å². The summed E-state index contributed by atoms with van der Waals surface area (Å²) in [6.45, 7) is 6.00. The third-order valence-corrected chi connectivity index (χ3v) is 3.68. The van der Waals surface area contributed by atoms with E-state index in [1.165, 1.54) is 6.08 Å². The number of nitrogens with zero attached hydrogens (tertiary/aromatic N) is 3. The molecule has 0 fully saturated rings. The van der Waals surface area contributed by atoms with Gasteiger partial charge in [0.05, 0.1) is 5.69 Å². The number of aryl methyl sites for hydroxylation is 2. The Hall–Kier alpha value is -2.33. The SMILES string of the molecule is C=CCN(C(=O)/C=C/c1c(C)nn(C)c1Cl)c1ccccc1. The van der Waals surface area contributed by atoms with Gasteiger partial charge in [-0.3, -0.25) is 9.48 Å². The minimum atomic E-state index is -0.134. The Morgan fingerprint density at radius 3 is 2.64 bits per heavy atom. The van der Waals surface area contributed by atoms with E-state index in [1.54, 1.807) is 28.8 Å². The smallest absolute Gasteiger partial charge is 0.251 e.